The van der Waals surface area contributed by atoms with E-state index in [9.17, 15) is 8.42 Å². The average molecular weight is 308 g/mol. The summed E-state index contributed by atoms with van der Waals surface area (Å²) in [5.41, 5.74) is 0.832. The molecule has 1 heterocycles. The Morgan fingerprint density at radius 2 is 2.05 bits per heavy atom. The molecule has 2 aromatic rings. The lowest BCUT2D eigenvalue weighted by molar-refractivity contribution is 0.576. The van der Waals surface area contributed by atoms with Crippen molar-refractivity contribution in [2.45, 2.75) is 31.1 Å². The van der Waals surface area contributed by atoms with Gasteiger partial charge in [0.2, 0.25) is 10.0 Å². The van der Waals surface area contributed by atoms with Crippen LogP contribution in [0.15, 0.2) is 35.5 Å². The number of hydrogen-bond donors (Lipinski definition) is 1. The van der Waals surface area contributed by atoms with Crippen LogP contribution in [0.2, 0.25) is 0 Å². The molecular formula is C14H20N4O2S. The lowest BCUT2D eigenvalue weighted by atomic mass is 10.2. The third-order valence-corrected chi connectivity index (χ3v) is 4.88. The zero-order chi connectivity index (χ0) is 15.3. The van der Waals surface area contributed by atoms with Crippen molar-refractivity contribution in [1.29, 1.82) is 0 Å². The fourth-order valence-corrected chi connectivity index (χ4v) is 3.51. The first-order valence-corrected chi connectivity index (χ1v) is 8.43. The summed E-state index contributed by atoms with van der Waals surface area (Å²) in [7, 11) is -1.58. The quantitative estimate of drug-likeness (QED) is 0.782. The van der Waals surface area contributed by atoms with Gasteiger partial charge in [-0.1, -0.05) is 25.1 Å². The average Bonchev–Trinajstić information content (AvgIpc) is 2.89. The van der Waals surface area contributed by atoms with Crippen LogP contribution in [0.1, 0.15) is 24.7 Å². The summed E-state index contributed by atoms with van der Waals surface area (Å²) in [6, 6.07) is 7.08. The number of nitrogens with one attached hydrogen (secondary N) is 1. The van der Waals surface area contributed by atoms with Crippen LogP contribution in [0.3, 0.4) is 0 Å². The molecule has 1 aromatic carbocycles. The molecule has 0 atom stereocenters. The highest BCUT2D eigenvalue weighted by Gasteiger charge is 2.16. The maximum absolute atomic E-state index is 12.3. The van der Waals surface area contributed by atoms with E-state index in [1.807, 2.05) is 30.7 Å². The summed E-state index contributed by atoms with van der Waals surface area (Å²) >= 11 is 0. The molecule has 0 saturated carbocycles. The summed E-state index contributed by atoms with van der Waals surface area (Å²) in [6.45, 7) is 2.33. The van der Waals surface area contributed by atoms with Gasteiger partial charge in [-0.2, -0.15) is 0 Å². The van der Waals surface area contributed by atoms with Crippen LogP contribution in [0, 0.1) is 0 Å². The van der Waals surface area contributed by atoms with Gasteiger partial charge in [0.1, 0.15) is 12.2 Å². The third kappa shape index (κ3) is 3.89. The molecule has 1 N–H and O–H groups in total. The minimum atomic E-state index is -3.45. The fraction of sp³-hybridized carbons (Fsp3) is 0.429. The smallest absolute Gasteiger partial charge is 0.240 e. The molecule has 114 valence electrons. The number of hydrogen-bond acceptors (Lipinski definition) is 4. The molecule has 0 fully saturated rings. The van der Waals surface area contributed by atoms with Crippen molar-refractivity contribution in [3.8, 4) is 0 Å². The van der Waals surface area contributed by atoms with Gasteiger partial charge in [0.05, 0.1) is 4.90 Å². The van der Waals surface area contributed by atoms with E-state index in [4.69, 9.17) is 0 Å². The van der Waals surface area contributed by atoms with Crippen molar-refractivity contribution >= 4 is 10.0 Å². The number of benzene rings is 1. The van der Waals surface area contributed by atoms with Crippen molar-refractivity contribution in [3.05, 3.63) is 42.0 Å². The lowest BCUT2D eigenvalue weighted by Crippen LogP contribution is -2.26. The molecule has 0 unspecified atom stereocenters. The predicted octanol–water partition coefficient (Wildman–Crippen LogP) is 1.29. The zero-order valence-corrected chi connectivity index (χ0v) is 13.1. The SMILES string of the molecule is CCc1ccccc1S(=O)(=O)NCCCc1nncn1C. The van der Waals surface area contributed by atoms with Crippen LogP contribution in [-0.2, 0) is 29.9 Å². The van der Waals surface area contributed by atoms with E-state index >= 15 is 0 Å². The Hall–Kier alpha value is -1.73. The number of aryl methyl sites for hydroxylation is 3. The van der Waals surface area contributed by atoms with Gasteiger partial charge in [-0.15, -0.1) is 10.2 Å². The summed E-state index contributed by atoms with van der Waals surface area (Å²) in [6.07, 6.45) is 3.70. The normalized spacial score (nSPS) is 11.7. The monoisotopic (exact) mass is 308 g/mol. The Kier molecular flexibility index (Phi) is 5.08. The van der Waals surface area contributed by atoms with Crippen LogP contribution in [-0.4, -0.2) is 29.7 Å². The van der Waals surface area contributed by atoms with Gasteiger partial charge in [0.15, 0.2) is 0 Å². The maximum Gasteiger partial charge on any atom is 0.240 e. The topological polar surface area (TPSA) is 76.9 Å². The molecule has 0 radical (unpaired) electrons. The van der Waals surface area contributed by atoms with Crippen LogP contribution in [0.4, 0.5) is 0 Å². The van der Waals surface area contributed by atoms with E-state index in [0.717, 1.165) is 11.4 Å². The van der Waals surface area contributed by atoms with Crippen molar-refractivity contribution in [2.75, 3.05) is 6.54 Å². The first kappa shape index (κ1) is 15.7. The van der Waals surface area contributed by atoms with Gasteiger partial charge in [0.25, 0.3) is 0 Å². The van der Waals surface area contributed by atoms with Gasteiger partial charge >= 0.3 is 0 Å². The minimum Gasteiger partial charge on any atom is -0.321 e. The molecule has 6 nitrogen and oxygen atoms in total. The van der Waals surface area contributed by atoms with Gasteiger partial charge in [0, 0.05) is 20.0 Å². The molecule has 0 aliphatic rings. The molecule has 0 spiro atoms. The summed E-state index contributed by atoms with van der Waals surface area (Å²) in [5, 5.41) is 7.76. The highest BCUT2D eigenvalue weighted by molar-refractivity contribution is 7.89. The van der Waals surface area contributed by atoms with Gasteiger partial charge in [-0.25, -0.2) is 13.1 Å². The van der Waals surface area contributed by atoms with E-state index in [2.05, 4.69) is 14.9 Å². The standard InChI is InChI=1S/C14H20N4O2S/c1-3-12-7-4-5-8-13(12)21(19,20)16-10-6-9-14-17-15-11-18(14)2/h4-5,7-8,11,16H,3,6,9-10H2,1-2H3. The Balaban J connectivity index is 1.94. The second-order valence-electron chi connectivity index (χ2n) is 4.82. The van der Waals surface area contributed by atoms with Gasteiger partial charge in [-0.05, 0) is 24.5 Å². The Bertz CT molecular complexity index is 695. The van der Waals surface area contributed by atoms with Crippen LogP contribution in [0.25, 0.3) is 0 Å². The molecule has 21 heavy (non-hydrogen) atoms. The molecule has 0 aliphatic carbocycles. The number of sulfonamides is 1. The van der Waals surface area contributed by atoms with E-state index in [0.29, 0.717) is 30.7 Å². The third-order valence-electron chi connectivity index (χ3n) is 3.32. The van der Waals surface area contributed by atoms with Gasteiger partial charge in [-0.3, -0.25) is 0 Å². The summed E-state index contributed by atoms with van der Waals surface area (Å²) in [4.78, 5) is 0.367. The van der Waals surface area contributed by atoms with Crippen LogP contribution < -0.4 is 4.72 Å². The molecule has 0 bridgehead atoms. The fourth-order valence-electron chi connectivity index (χ4n) is 2.12. The molecule has 7 heteroatoms. The molecular weight excluding hydrogens is 288 g/mol. The summed E-state index contributed by atoms with van der Waals surface area (Å²) in [5.74, 6) is 0.850. The second kappa shape index (κ2) is 6.82. The second-order valence-corrected chi connectivity index (χ2v) is 6.56. The predicted molar refractivity (Wildman–Crippen MR) is 80.3 cm³/mol. The lowest BCUT2D eigenvalue weighted by Gasteiger charge is -2.10. The number of rotatable bonds is 7. The van der Waals surface area contributed by atoms with Crippen LogP contribution >= 0.6 is 0 Å². The Labute approximate surface area is 125 Å². The first-order chi connectivity index (χ1) is 10.0. The van der Waals surface area contributed by atoms with Crippen molar-refractivity contribution in [2.24, 2.45) is 7.05 Å². The highest BCUT2D eigenvalue weighted by atomic mass is 32.2. The Morgan fingerprint density at radius 3 is 2.71 bits per heavy atom. The largest absolute Gasteiger partial charge is 0.321 e. The Morgan fingerprint density at radius 1 is 1.29 bits per heavy atom. The van der Waals surface area contributed by atoms with Crippen molar-refractivity contribution in [3.63, 3.8) is 0 Å². The van der Waals surface area contributed by atoms with Crippen molar-refractivity contribution < 1.29 is 8.42 Å². The van der Waals surface area contributed by atoms with Crippen molar-refractivity contribution in [1.82, 2.24) is 19.5 Å². The van der Waals surface area contributed by atoms with Gasteiger partial charge < -0.3 is 4.57 Å². The molecule has 0 aliphatic heterocycles. The molecule has 2 rings (SSSR count). The molecule has 0 saturated heterocycles. The summed E-state index contributed by atoms with van der Waals surface area (Å²) < 4.78 is 29.1. The first-order valence-electron chi connectivity index (χ1n) is 6.95. The van der Waals surface area contributed by atoms with Crippen LogP contribution in [0.5, 0.6) is 0 Å². The minimum absolute atomic E-state index is 0.367. The van der Waals surface area contributed by atoms with E-state index < -0.39 is 10.0 Å². The van der Waals surface area contributed by atoms with E-state index in [1.54, 1.807) is 18.5 Å². The van der Waals surface area contributed by atoms with E-state index in [1.165, 1.54) is 0 Å². The highest BCUT2D eigenvalue weighted by Crippen LogP contribution is 2.15. The number of aromatic nitrogens is 3. The zero-order valence-electron chi connectivity index (χ0n) is 12.3. The molecule has 1 aromatic heterocycles. The molecule has 0 amide bonds. The maximum atomic E-state index is 12.3. The number of nitrogens with zero attached hydrogens (tertiary/aromatic N) is 3. The van der Waals surface area contributed by atoms with E-state index in [-0.39, 0.29) is 0 Å².